The summed E-state index contributed by atoms with van der Waals surface area (Å²) in [7, 11) is 3.14. The maximum Gasteiger partial charge on any atom is 0.319 e. The number of aromatic nitrogens is 1. The standard InChI is InChI=1S/C26H23BrClN3O4/c1-15(16-5-4-6-17(27)11-16)30-26(32)31-21-8-7-18(12-20(21)28)35-23-9-10-29-22-14-25(34-3)24(33-2)13-19(22)23/h4-15H,1-3H3,(H2,30,31,32)/t15-/m1/s1. The molecule has 180 valence electrons. The third kappa shape index (κ3) is 5.78. The van der Waals surface area contributed by atoms with Gasteiger partial charge in [0.15, 0.2) is 11.5 Å². The van der Waals surface area contributed by atoms with Gasteiger partial charge in [0.2, 0.25) is 0 Å². The number of carbonyl (C=O) groups is 1. The number of hydrogen-bond donors (Lipinski definition) is 2. The fraction of sp³-hybridized carbons (Fsp3) is 0.154. The van der Waals surface area contributed by atoms with Gasteiger partial charge in [0.25, 0.3) is 0 Å². The van der Waals surface area contributed by atoms with Crippen LogP contribution in [0.25, 0.3) is 10.9 Å². The Bertz CT molecular complexity index is 1380. The average Bonchev–Trinajstić information content (AvgIpc) is 2.85. The fourth-order valence-electron chi connectivity index (χ4n) is 3.54. The second kappa shape index (κ2) is 10.8. The van der Waals surface area contributed by atoms with E-state index in [1.54, 1.807) is 50.7 Å². The first-order valence-electron chi connectivity index (χ1n) is 10.7. The number of ether oxygens (including phenoxy) is 3. The topological polar surface area (TPSA) is 81.7 Å². The molecule has 4 aromatic rings. The van der Waals surface area contributed by atoms with E-state index in [-0.39, 0.29) is 12.1 Å². The summed E-state index contributed by atoms with van der Waals surface area (Å²) in [5.74, 6) is 2.23. The lowest BCUT2D eigenvalue weighted by molar-refractivity contribution is 0.249. The zero-order valence-corrected chi connectivity index (χ0v) is 21.6. The Balaban J connectivity index is 1.48. The molecule has 0 saturated heterocycles. The molecule has 0 radical (unpaired) electrons. The number of halogens is 2. The predicted molar refractivity (Wildman–Crippen MR) is 141 cm³/mol. The van der Waals surface area contributed by atoms with E-state index in [1.165, 1.54) is 0 Å². The summed E-state index contributed by atoms with van der Waals surface area (Å²) in [6, 6.07) is 17.6. The number of rotatable bonds is 7. The van der Waals surface area contributed by atoms with Gasteiger partial charge in [-0.05, 0) is 48.9 Å². The molecule has 0 aliphatic carbocycles. The Hall–Kier alpha value is -3.49. The maximum atomic E-state index is 12.5. The maximum absolute atomic E-state index is 12.5. The van der Waals surface area contributed by atoms with Crippen LogP contribution in [-0.4, -0.2) is 25.2 Å². The van der Waals surface area contributed by atoms with Crippen LogP contribution < -0.4 is 24.8 Å². The molecule has 2 amide bonds. The first-order valence-corrected chi connectivity index (χ1v) is 11.9. The Morgan fingerprint density at radius 3 is 2.49 bits per heavy atom. The van der Waals surface area contributed by atoms with Gasteiger partial charge in [-0.2, -0.15) is 0 Å². The Labute approximate surface area is 216 Å². The van der Waals surface area contributed by atoms with E-state index >= 15 is 0 Å². The van der Waals surface area contributed by atoms with Gasteiger partial charge in [-0.15, -0.1) is 0 Å². The molecule has 1 aromatic heterocycles. The molecule has 9 heteroatoms. The number of fused-ring (bicyclic) bond motifs is 1. The minimum absolute atomic E-state index is 0.190. The van der Waals surface area contributed by atoms with Crippen LogP contribution in [-0.2, 0) is 0 Å². The summed E-state index contributed by atoms with van der Waals surface area (Å²) in [6.45, 7) is 1.91. The molecular weight excluding hydrogens is 534 g/mol. The zero-order chi connectivity index (χ0) is 24.9. The molecule has 35 heavy (non-hydrogen) atoms. The molecule has 7 nitrogen and oxygen atoms in total. The van der Waals surface area contributed by atoms with E-state index in [2.05, 4.69) is 31.5 Å². The molecule has 0 spiro atoms. The second-order valence-corrected chi connectivity index (χ2v) is 8.98. The van der Waals surface area contributed by atoms with Crippen LogP contribution in [0.2, 0.25) is 5.02 Å². The molecule has 0 saturated carbocycles. The minimum Gasteiger partial charge on any atom is -0.493 e. The number of anilines is 1. The van der Waals surface area contributed by atoms with Crippen molar-refractivity contribution in [3.8, 4) is 23.0 Å². The average molecular weight is 557 g/mol. The van der Waals surface area contributed by atoms with Crippen LogP contribution in [0.15, 0.2) is 71.3 Å². The van der Waals surface area contributed by atoms with Crippen LogP contribution in [0.4, 0.5) is 10.5 Å². The van der Waals surface area contributed by atoms with Crippen molar-refractivity contribution >= 4 is 50.2 Å². The minimum atomic E-state index is -0.366. The largest absolute Gasteiger partial charge is 0.493 e. The van der Waals surface area contributed by atoms with E-state index in [4.69, 9.17) is 25.8 Å². The van der Waals surface area contributed by atoms with Gasteiger partial charge in [0.05, 0.1) is 36.5 Å². The van der Waals surface area contributed by atoms with Crippen molar-refractivity contribution in [2.45, 2.75) is 13.0 Å². The Morgan fingerprint density at radius 1 is 1.00 bits per heavy atom. The van der Waals surface area contributed by atoms with E-state index in [0.29, 0.717) is 39.2 Å². The zero-order valence-electron chi connectivity index (χ0n) is 19.3. The molecule has 0 aliphatic heterocycles. The van der Waals surface area contributed by atoms with Gasteiger partial charge >= 0.3 is 6.03 Å². The van der Waals surface area contributed by atoms with Gasteiger partial charge < -0.3 is 24.8 Å². The van der Waals surface area contributed by atoms with Gasteiger partial charge in [-0.1, -0.05) is 39.7 Å². The number of urea groups is 1. The molecule has 0 fully saturated rings. The van der Waals surface area contributed by atoms with E-state index in [0.717, 1.165) is 15.4 Å². The van der Waals surface area contributed by atoms with Crippen molar-refractivity contribution in [3.63, 3.8) is 0 Å². The lowest BCUT2D eigenvalue weighted by Crippen LogP contribution is -2.31. The quantitative estimate of drug-likeness (QED) is 0.249. The van der Waals surface area contributed by atoms with Crippen LogP contribution in [0.1, 0.15) is 18.5 Å². The SMILES string of the molecule is COc1cc2nccc(Oc3ccc(NC(=O)N[C@H](C)c4cccc(Br)c4)c(Cl)c3)c2cc1OC. The summed E-state index contributed by atoms with van der Waals surface area (Å²) in [5.41, 5.74) is 2.13. The number of carbonyl (C=O) groups excluding carboxylic acids is 1. The molecule has 3 aromatic carbocycles. The van der Waals surface area contributed by atoms with Crippen molar-refractivity contribution in [2.24, 2.45) is 0 Å². The summed E-state index contributed by atoms with van der Waals surface area (Å²) in [6.07, 6.45) is 1.65. The molecule has 0 aliphatic rings. The van der Waals surface area contributed by atoms with Crippen molar-refractivity contribution in [1.29, 1.82) is 0 Å². The molecular formula is C26H23BrClN3O4. The van der Waals surface area contributed by atoms with E-state index in [9.17, 15) is 4.79 Å². The van der Waals surface area contributed by atoms with Crippen LogP contribution >= 0.6 is 27.5 Å². The highest BCUT2D eigenvalue weighted by Crippen LogP contribution is 2.38. The number of nitrogens with one attached hydrogen (secondary N) is 2. The van der Waals surface area contributed by atoms with Crippen LogP contribution in [0, 0.1) is 0 Å². The highest BCUT2D eigenvalue weighted by atomic mass is 79.9. The molecule has 4 rings (SSSR count). The summed E-state index contributed by atoms with van der Waals surface area (Å²) < 4.78 is 17.8. The summed E-state index contributed by atoms with van der Waals surface area (Å²) >= 11 is 9.89. The smallest absolute Gasteiger partial charge is 0.319 e. The summed E-state index contributed by atoms with van der Waals surface area (Å²) in [5, 5.41) is 6.78. The Morgan fingerprint density at radius 2 is 1.77 bits per heavy atom. The molecule has 1 atom stereocenters. The lowest BCUT2D eigenvalue weighted by Gasteiger charge is -2.16. The van der Waals surface area contributed by atoms with Crippen LogP contribution in [0.5, 0.6) is 23.0 Å². The first-order chi connectivity index (χ1) is 16.9. The number of benzene rings is 3. The van der Waals surface area contributed by atoms with Crippen molar-refractivity contribution < 1.29 is 19.0 Å². The lowest BCUT2D eigenvalue weighted by atomic mass is 10.1. The highest BCUT2D eigenvalue weighted by molar-refractivity contribution is 9.10. The molecule has 0 unspecified atom stereocenters. The van der Waals surface area contributed by atoms with Crippen molar-refractivity contribution in [1.82, 2.24) is 10.3 Å². The highest BCUT2D eigenvalue weighted by Gasteiger charge is 2.14. The number of hydrogen-bond acceptors (Lipinski definition) is 5. The third-order valence-corrected chi connectivity index (χ3v) is 6.13. The van der Waals surface area contributed by atoms with Gasteiger partial charge in [-0.3, -0.25) is 4.98 Å². The number of pyridine rings is 1. The number of amides is 2. The molecule has 0 bridgehead atoms. The molecule has 1 heterocycles. The first kappa shape index (κ1) is 24.6. The number of methoxy groups -OCH3 is 2. The Kier molecular flexibility index (Phi) is 7.63. The van der Waals surface area contributed by atoms with Gasteiger partial charge in [0, 0.05) is 28.2 Å². The molecule has 2 N–H and O–H groups in total. The van der Waals surface area contributed by atoms with Crippen molar-refractivity contribution in [2.75, 3.05) is 19.5 Å². The number of nitrogens with zero attached hydrogens (tertiary/aromatic N) is 1. The monoisotopic (exact) mass is 555 g/mol. The fourth-order valence-corrected chi connectivity index (χ4v) is 4.17. The normalized spacial score (nSPS) is 11.6. The van der Waals surface area contributed by atoms with Gasteiger partial charge in [0.1, 0.15) is 11.5 Å². The van der Waals surface area contributed by atoms with E-state index < -0.39 is 0 Å². The van der Waals surface area contributed by atoms with Gasteiger partial charge in [-0.25, -0.2) is 4.79 Å². The van der Waals surface area contributed by atoms with Crippen molar-refractivity contribution in [3.05, 3.63) is 81.9 Å². The summed E-state index contributed by atoms with van der Waals surface area (Å²) in [4.78, 5) is 16.9. The third-order valence-electron chi connectivity index (χ3n) is 5.32. The predicted octanol–water partition coefficient (Wildman–Crippen LogP) is 7.34. The van der Waals surface area contributed by atoms with Crippen LogP contribution in [0.3, 0.4) is 0 Å². The second-order valence-electron chi connectivity index (χ2n) is 7.65. The van der Waals surface area contributed by atoms with E-state index in [1.807, 2.05) is 37.3 Å².